The SMILES string of the molecule is CC(=O)c1c(C)[nH]c(C(=O)Nc2ccc(C)cc2O)c1C. The molecule has 110 valence electrons. The third-order valence-electron chi connectivity index (χ3n) is 3.42. The molecule has 0 bridgehead atoms. The van der Waals surface area contributed by atoms with Crippen LogP contribution >= 0.6 is 0 Å². The molecule has 0 aliphatic carbocycles. The van der Waals surface area contributed by atoms with Gasteiger partial charge in [-0.1, -0.05) is 6.07 Å². The molecule has 2 rings (SSSR count). The van der Waals surface area contributed by atoms with Gasteiger partial charge in [0.15, 0.2) is 5.78 Å². The molecule has 0 radical (unpaired) electrons. The summed E-state index contributed by atoms with van der Waals surface area (Å²) in [7, 11) is 0. The van der Waals surface area contributed by atoms with E-state index in [1.807, 2.05) is 6.92 Å². The van der Waals surface area contributed by atoms with Crippen LogP contribution in [0.2, 0.25) is 0 Å². The van der Waals surface area contributed by atoms with Crippen LogP contribution in [0.3, 0.4) is 0 Å². The first-order chi connectivity index (χ1) is 9.81. The molecule has 2 aromatic rings. The zero-order valence-electron chi connectivity index (χ0n) is 12.5. The minimum Gasteiger partial charge on any atom is -0.506 e. The Hall–Kier alpha value is -2.56. The van der Waals surface area contributed by atoms with Crippen molar-refractivity contribution in [3.63, 3.8) is 0 Å². The zero-order valence-corrected chi connectivity index (χ0v) is 12.5. The number of ketones is 1. The van der Waals surface area contributed by atoms with Crippen molar-refractivity contribution in [1.29, 1.82) is 0 Å². The highest BCUT2D eigenvalue weighted by Gasteiger charge is 2.20. The summed E-state index contributed by atoms with van der Waals surface area (Å²) in [5.74, 6) is -0.461. The van der Waals surface area contributed by atoms with E-state index in [0.29, 0.717) is 28.2 Å². The van der Waals surface area contributed by atoms with Gasteiger partial charge in [-0.2, -0.15) is 0 Å². The van der Waals surface area contributed by atoms with Crippen LogP contribution in [0.1, 0.15) is 44.6 Å². The first-order valence-corrected chi connectivity index (χ1v) is 6.62. The van der Waals surface area contributed by atoms with Crippen LogP contribution < -0.4 is 5.32 Å². The summed E-state index contributed by atoms with van der Waals surface area (Å²) in [5, 5.41) is 12.5. The number of phenols is 1. The summed E-state index contributed by atoms with van der Waals surface area (Å²) in [5.41, 5.74) is 3.38. The second-order valence-electron chi connectivity index (χ2n) is 5.16. The molecule has 5 nitrogen and oxygen atoms in total. The van der Waals surface area contributed by atoms with Crippen LogP contribution in [0.5, 0.6) is 5.75 Å². The molecule has 0 saturated carbocycles. The molecule has 1 heterocycles. The lowest BCUT2D eigenvalue weighted by atomic mass is 10.1. The highest BCUT2D eigenvalue weighted by atomic mass is 16.3. The van der Waals surface area contributed by atoms with Gasteiger partial charge in [0.25, 0.3) is 5.91 Å². The lowest BCUT2D eigenvalue weighted by molar-refractivity contribution is 0.101. The number of aromatic hydroxyl groups is 1. The minimum atomic E-state index is -0.387. The predicted octanol–water partition coefficient (Wildman–Crippen LogP) is 3.10. The molecular formula is C16H18N2O3. The summed E-state index contributed by atoms with van der Waals surface area (Å²) in [6.45, 7) is 6.80. The number of phenolic OH excluding ortho intramolecular Hbond substituents is 1. The number of carbonyl (C=O) groups is 2. The van der Waals surface area contributed by atoms with E-state index >= 15 is 0 Å². The van der Waals surface area contributed by atoms with Crippen molar-refractivity contribution in [2.75, 3.05) is 5.32 Å². The average Bonchev–Trinajstić information content (AvgIpc) is 2.68. The molecule has 0 atom stereocenters. The van der Waals surface area contributed by atoms with Gasteiger partial charge in [0.05, 0.1) is 5.69 Å². The van der Waals surface area contributed by atoms with Crippen molar-refractivity contribution in [2.45, 2.75) is 27.7 Å². The lowest BCUT2D eigenvalue weighted by Gasteiger charge is -2.07. The van der Waals surface area contributed by atoms with E-state index in [1.54, 1.807) is 32.0 Å². The number of carbonyl (C=O) groups excluding carboxylic acids is 2. The van der Waals surface area contributed by atoms with Crippen LogP contribution in [0.15, 0.2) is 18.2 Å². The van der Waals surface area contributed by atoms with E-state index in [0.717, 1.165) is 5.56 Å². The van der Waals surface area contributed by atoms with Gasteiger partial charge >= 0.3 is 0 Å². The third-order valence-corrected chi connectivity index (χ3v) is 3.42. The van der Waals surface area contributed by atoms with Gasteiger partial charge in [0.1, 0.15) is 11.4 Å². The van der Waals surface area contributed by atoms with Crippen LogP contribution in [0.4, 0.5) is 5.69 Å². The number of nitrogens with one attached hydrogen (secondary N) is 2. The summed E-state index contributed by atoms with van der Waals surface area (Å²) >= 11 is 0. The van der Waals surface area contributed by atoms with Gasteiger partial charge in [-0.3, -0.25) is 9.59 Å². The lowest BCUT2D eigenvalue weighted by Crippen LogP contribution is -2.14. The Balaban J connectivity index is 2.33. The van der Waals surface area contributed by atoms with Crippen molar-refractivity contribution in [3.8, 4) is 5.75 Å². The first-order valence-electron chi connectivity index (χ1n) is 6.62. The van der Waals surface area contributed by atoms with E-state index < -0.39 is 0 Å². The third kappa shape index (κ3) is 2.81. The van der Waals surface area contributed by atoms with E-state index in [9.17, 15) is 14.7 Å². The molecule has 0 saturated heterocycles. The molecule has 21 heavy (non-hydrogen) atoms. The fourth-order valence-electron chi connectivity index (χ4n) is 2.44. The van der Waals surface area contributed by atoms with E-state index in [2.05, 4.69) is 10.3 Å². The van der Waals surface area contributed by atoms with Crippen LogP contribution in [-0.4, -0.2) is 21.8 Å². The highest BCUT2D eigenvalue weighted by molar-refractivity contribution is 6.08. The normalized spacial score (nSPS) is 10.5. The standard InChI is InChI=1S/C16H18N2O3/c1-8-5-6-12(13(20)7-8)18-16(21)15-9(2)14(11(4)19)10(3)17-15/h5-7,17,20H,1-4H3,(H,18,21). The zero-order chi connectivity index (χ0) is 15.7. The Morgan fingerprint density at radius 3 is 2.38 bits per heavy atom. The molecular weight excluding hydrogens is 268 g/mol. The van der Waals surface area contributed by atoms with Crippen LogP contribution in [0.25, 0.3) is 0 Å². The second kappa shape index (κ2) is 5.44. The number of hydrogen-bond acceptors (Lipinski definition) is 3. The summed E-state index contributed by atoms with van der Waals surface area (Å²) in [6, 6.07) is 5.01. The number of amides is 1. The van der Waals surface area contributed by atoms with Gasteiger partial charge in [-0.15, -0.1) is 0 Å². The molecule has 0 spiro atoms. The number of rotatable bonds is 3. The van der Waals surface area contributed by atoms with Crippen molar-refractivity contribution in [1.82, 2.24) is 4.98 Å². The molecule has 1 aromatic heterocycles. The van der Waals surface area contributed by atoms with Crippen molar-refractivity contribution >= 4 is 17.4 Å². The predicted molar refractivity (Wildman–Crippen MR) is 81.1 cm³/mol. The van der Waals surface area contributed by atoms with Crippen molar-refractivity contribution in [2.24, 2.45) is 0 Å². The Labute approximate surface area is 123 Å². The monoisotopic (exact) mass is 286 g/mol. The number of benzene rings is 1. The maximum absolute atomic E-state index is 12.3. The van der Waals surface area contributed by atoms with Gasteiger partial charge in [-0.05, 0) is 51.0 Å². The van der Waals surface area contributed by atoms with E-state index in [4.69, 9.17) is 0 Å². The largest absolute Gasteiger partial charge is 0.506 e. The van der Waals surface area contributed by atoms with Gasteiger partial charge in [0, 0.05) is 11.3 Å². The second-order valence-corrected chi connectivity index (χ2v) is 5.16. The molecule has 3 N–H and O–H groups in total. The summed E-state index contributed by atoms with van der Waals surface area (Å²) in [6.07, 6.45) is 0. The first kappa shape index (κ1) is 14.8. The average molecular weight is 286 g/mol. The number of Topliss-reactive ketones (excluding diaryl/α,β-unsaturated/α-hetero) is 1. The molecule has 1 amide bonds. The van der Waals surface area contributed by atoms with Gasteiger partial charge < -0.3 is 15.4 Å². The van der Waals surface area contributed by atoms with Crippen molar-refractivity contribution < 1.29 is 14.7 Å². The molecule has 1 aromatic carbocycles. The Morgan fingerprint density at radius 2 is 1.86 bits per heavy atom. The number of hydrogen-bond donors (Lipinski definition) is 3. The van der Waals surface area contributed by atoms with Gasteiger partial charge in [-0.25, -0.2) is 0 Å². The molecule has 0 aliphatic rings. The van der Waals surface area contributed by atoms with E-state index in [-0.39, 0.29) is 17.4 Å². The fraction of sp³-hybridized carbons (Fsp3) is 0.250. The maximum atomic E-state index is 12.3. The van der Waals surface area contributed by atoms with Crippen LogP contribution in [0, 0.1) is 20.8 Å². The minimum absolute atomic E-state index is 0.0103. The maximum Gasteiger partial charge on any atom is 0.272 e. The quantitative estimate of drug-likeness (QED) is 0.599. The number of anilines is 1. The van der Waals surface area contributed by atoms with Gasteiger partial charge in [0.2, 0.25) is 0 Å². The Bertz CT molecular complexity index is 729. The Morgan fingerprint density at radius 1 is 1.19 bits per heavy atom. The van der Waals surface area contributed by atoms with Crippen molar-refractivity contribution in [3.05, 3.63) is 46.3 Å². The Kier molecular flexibility index (Phi) is 3.84. The highest BCUT2D eigenvalue weighted by Crippen LogP contribution is 2.25. The molecule has 5 heteroatoms. The molecule has 0 fully saturated rings. The topological polar surface area (TPSA) is 82.2 Å². The number of H-pyrrole nitrogens is 1. The fourth-order valence-corrected chi connectivity index (χ4v) is 2.44. The number of aromatic amines is 1. The summed E-state index contributed by atoms with van der Waals surface area (Å²) < 4.78 is 0. The van der Waals surface area contributed by atoms with Crippen LogP contribution in [-0.2, 0) is 0 Å². The number of aromatic nitrogens is 1. The van der Waals surface area contributed by atoms with E-state index in [1.165, 1.54) is 6.92 Å². The smallest absolute Gasteiger partial charge is 0.272 e. The summed E-state index contributed by atoms with van der Waals surface area (Å²) in [4.78, 5) is 26.8. The molecule has 0 unspecified atom stereocenters. The molecule has 0 aliphatic heterocycles. The number of aryl methyl sites for hydroxylation is 2.